The third-order valence-corrected chi connectivity index (χ3v) is 2.82. The minimum Gasteiger partial charge on any atom is -0.462 e. The van der Waals surface area contributed by atoms with Gasteiger partial charge >= 0.3 is 12.1 Å². The number of esters is 1. The van der Waals surface area contributed by atoms with Crippen LogP contribution in [-0.2, 0) is 15.7 Å². The fourth-order valence-corrected chi connectivity index (χ4v) is 1.58. The van der Waals surface area contributed by atoms with E-state index in [1.54, 1.807) is 7.11 Å². The zero-order chi connectivity index (χ0) is 16.0. The number of halogens is 4. The monoisotopic (exact) mass is 308 g/mol. The first-order valence-corrected chi connectivity index (χ1v) is 6.28. The van der Waals surface area contributed by atoms with E-state index in [4.69, 9.17) is 9.47 Å². The van der Waals surface area contributed by atoms with Crippen molar-refractivity contribution >= 4 is 5.97 Å². The summed E-state index contributed by atoms with van der Waals surface area (Å²) in [6, 6.07) is 1.96. The van der Waals surface area contributed by atoms with Crippen LogP contribution in [0.3, 0.4) is 0 Å². The van der Waals surface area contributed by atoms with Crippen LogP contribution in [0.15, 0.2) is 18.2 Å². The molecule has 0 amide bonds. The van der Waals surface area contributed by atoms with E-state index in [9.17, 15) is 22.4 Å². The number of ether oxygens (including phenoxy) is 2. The molecule has 118 valence electrons. The van der Waals surface area contributed by atoms with Gasteiger partial charge in [-0.05, 0) is 30.5 Å². The predicted molar refractivity (Wildman–Crippen MR) is 67.3 cm³/mol. The first-order valence-electron chi connectivity index (χ1n) is 6.28. The van der Waals surface area contributed by atoms with Crippen LogP contribution in [0.1, 0.15) is 29.3 Å². The van der Waals surface area contributed by atoms with E-state index in [-0.39, 0.29) is 18.1 Å². The lowest BCUT2D eigenvalue weighted by Gasteiger charge is -2.12. The normalized spacial score (nSPS) is 13.0. The molecule has 0 aliphatic heterocycles. The molecule has 0 aromatic heterocycles. The van der Waals surface area contributed by atoms with Crippen LogP contribution < -0.4 is 0 Å². The molecule has 3 nitrogen and oxygen atoms in total. The van der Waals surface area contributed by atoms with Crippen LogP contribution in [0.5, 0.6) is 0 Å². The molecule has 0 heterocycles. The van der Waals surface area contributed by atoms with Crippen LogP contribution in [0, 0.1) is 11.7 Å². The summed E-state index contributed by atoms with van der Waals surface area (Å²) in [5.74, 6) is -2.32. The number of alkyl halides is 3. The first kappa shape index (κ1) is 17.4. The van der Waals surface area contributed by atoms with Crippen molar-refractivity contribution in [2.24, 2.45) is 5.92 Å². The van der Waals surface area contributed by atoms with E-state index in [2.05, 4.69) is 0 Å². The van der Waals surface area contributed by atoms with Crippen molar-refractivity contribution in [2.75, 3.05) is 20.3 Å². The summed E-state index contributed by atoms with van der Waals surface area (Å²) in [5, 5.41) is 0. The first-order chi connectivity index (χ1) is 9.75. The van der Waals surface area contributed by atoms with Crippen molar-refractivity contribution in [3.63, 3.8) is 0 Å². The molecule has 1 rings (SSSR count). The van der Waals surface area contributed by atoms with E-state index < -0.39 is 23.5 Å². The highest BCUT2D eigenvalue weighted by molar-refractivity contribution is 5.89. The van der Waals surface area contributed by atoms with Crippen molar-refractivity contribution in [3.8, 4) is 0 Å². The third kappa shape index (κ3) is 5.34. The Labute approximate surface area is 119 Å². The lowest BCUT2D eigenvalue weighted by atomic mass is 10.1. The highest BCUT2D eigenvalue weighted by Gasteiger charge is 2.34. The van der Waals surface area contributed by atoms with E-state index in [1.165, 1.54) is 0 Å². The predicted octanol–water partition coefficient (Wildman–Crippen LogP) is 3.67. The Morgan fingerprint density at radius 1 is 1.33 bits per heavy atom. The van der Waals surface area contributed by atoms with Gasteiger partial charge in [-0.3, -0.25) is 0 Å². The van der Waals surface area contributed by atoms with Crippen LogP contribution in [0.4, 0.5) is 17.6 Å². The van der Waals surface area contributed by atoms with Crippen molar-refractivity contribution in [1.29, 1.82) is 0 Å². The largest absolute Gasteiger partial charge is 0.462 e. The molecule has 21 heavy (non-hydrogen) atoms. The SMILES string of the molecule is COCCC(C)COC(=O)c1ccc(C(F)(F)F)c(F)c1. The fraction of sp³-hybridized carbons (Fsp3) is 0.500. The van der Waals surface area contributed by atoms with Gasteiger partial charge in [0.05, 0.1) is 17.7 Å². The lowest BCUT2D eigenvalue weighted by molar-refractivity contribution is -0.140. The van der Waals surface area contributed by atoms with Gasteiger partial charge in [0.25, 0.3) is 0 Å². The zero-order valence-electron chi connectivity index (χ0n) is 11.7. The number of carbonyl (C=O) groups is 1. The molecule has 7 heteroatoms. The highest BCUT2D eigenvalue weighted by Crippen LogP contribution is 2.31. The Bertz CT molecular complexity index is 486. The van der Waals surface area contributed by atoms with Gasteiger partial charge in [0.2, 0.25) is 0 Å². The number of carbonyl (C=O) groups excluding carboxylic acids is 1. The Kier molecular flexibility index (Phi) is 6.14. The summed E-state index contributed by atoms with van der Waals surface area (Å²) in [5.41, 5.74) is -1.66. The fourth-order valence-electron chi connectivity index (χ4n) is 1.58. The van der Waals surface area contributed by atoms with E-state index in [0.717, 1.165) is 6.07 Å². The standard InChI is InChI=1S/C14H16F4O3/c1-9(5-6-20-2)8-21-13(19)10-3-4-11(12(15)7-10)14(16,17)18/h3-4,7,9H,5-6,8H2,1-2H3. The molecule has 0 N–H and O–H groups in total. The molecular formula is C14H16F4O3. The second-order valence-electron chi connectivity index (χ2n) is 4.68. The number of methoxy groups -OCH3 is 1. The summed E-state index contributed by atoms with van der Waals surface area (Å²) >= 11 is 0. The molecular weight excluding hydrogens is 292 g/mol. The number of hydrogen-bond donors (Lipinski definition) is 0. The maximum Gasteiger partial charge on any atom is 0.419 e. The van der Waals surface area contributed by atoms with Crippen molar-refractivity contribution in [3.05, 3.63) is 35.1 Å². The molecule has 1 atom stereocenters. The van der Waals surface area contributed by atoms with Crippen LogP contribution in [-0.4, -0.2) is 26.3 Å². The number of hydrogen-bond acceptors (Lipinski definition) is 3. The van der Waals surface area contributed by atoms with Crippen LogP contribution in [0.2, 0.25) is 0 Å². The summed E-state index contributed by atoms with van der Waals surface area (Å²) < 4.78 is 60.3. The van der Waals surface area contributed by atoms with E-state index >= 15 is 0 Å². The highest BCUT2D eigenvalue weighted by atomic mass is 19.4. The molecule has 0 aliphatic carbocycles. The Hall–Kier alpha value is -1.63. The molecule has 0 spiro atoms. The summed E-state index contributed by atoms with van der Waals surface area (Å²) in [6.07, 6.45) is -4.12. The molecule has 1 unspecified atom stereocenters. The minimum absolute atomic E-state index is 0.0354. The van der Waals surface area contributed by atoms with E-state index in [0.29, 0.717) is 25.2 Å². The Morgan fingerprint density at radius 2 is 2.00 bits per heavy atom. The van der Waals surface area contributed by atoms with Crippen molar-refractivity contribution in [1.82, 2.24) is 0 Å². The van der Waals surface area contributed by atoms with Gasteiger partial charge < -0.3 is 9.47 Å². The quantitative estimate of drug-likeness (QED) is 0.594. The maximum absolute atomic E-state index is 13.3. The molecule has 1 aromatic carbocycles. The summed E-state index contributed by atoms with van der Waals surface area (Å²) in [7, 11) is 1.55. The van der Waals surface area contributed by atoms with Gasteiger partial charge in [0.1, 0.15) is 5.82 Å². The van der Waals surface area contributed by atoms with Crippen molar-refractivity contribution < 1.29 is 31.8 Å². The molecule has 0 fully saturated rings. The van der Waals surface area contributed by atoms with Crippen molar-refractivity contribution in [2.45, 2.75) is 19.5 Å². The number of rotatable bonds is 6. The Morgan fingerprint density at radius 3 is 2.52 bits per heavy atom. The minimum atomic E-state index is -4.79. The Balaban J connectivity index is 2.65. The van der Waals surface area contributed by atoms with E-state index in [1.807, 2.05) is 6.92 Å². The lowest BCUT2D eigenvalue weighted by Crippen LogP contribution is -2.15. The third-order valence-electron chi connectivity index (χ3n) is 2.82. The van der Waals surface area contributed by atoms with Gasteiger partial charge in [-0.1, -0.05) is 6.92 Å². The van der Waals surface area contributed by atoms with Gasteiger partial charge in [-0.15, -0.1) is 0 Å². The zero-order valence-corrected chi connectivity index (χ0v) is 11.7. The second-order valence-corrected chi connectivity index (χ2v) is 4.68. The molecule has 1 aromatic rings. The average Bonchev–Trinajstić information content (AvgIpc) is 2.40. The van der Waals surface area contributed by atoms with Gasteiger partial charge in [0, 0.05) is 13.7 Å². The number of benzene rings is 1. The van der Waals surface area contributed by atoms with Crippen LogP contribution >= 0.6 is 0 Å². The smallest absolute Gasteiger partial charge is 0.419 e. The van der Waals surface area contributed by atoms with Gasteiger partial charge in [0.15, 0.2) is 0 Å². The summed E-state index contributed by atoms with van der Waals surface area (Å²) in [4.78, 5) is 11.6. The molecule has 0 bridgehead atoms. The maximum atomic E-state index is 13.3. The molecule has 0 aliphatic rings. The molecule has 0 saturated carbocycles. The second kappa shape index (κ2) is 7.40. The van der Waals surface area contributed by atoms with Gasteiger partial charge in [-0.2, -0.15) is 13.2 Å². The van der Waals surface area contributed by atoms with Gasteiger partial charge in [-0.25, -0.2) is 9.18 Å². The average molecular weight is 308 g/mol. The topological polar surface area (TPSA) is 35.5 Å². The van der Waals surface area contributed by atoms with Crippen LogP contribution in [0.25, 0.3) is 0 Å². The molecule has 0 radical (unpaired) electrons. The molecule has 0 saturated heterocycles. The summed E-state index contributed by atoms with van der Waals surface area (Å²) in [6.45, 7) is 2.43.